The predicted molar refractivity (Wildman–Crippen MR) is 46.7 cm³/mol. The molecule has 0 N–H and O–H groups in total. The van der Waals surface area contributed by atoms with Gasteiger partial charge in [0.1, 0.15) is 0 Å². The van der Waals surface area contributed by atoms with Gasteiger partial charge in [0.25, 0.3) is 0 Å². The van der Waals surface area contributed by atoms with E-state index >= 15 is 0 Å². The molecule has 0 fully saturated rings. The van der Waals surface area contributed by atoms with Crippen LogP contribution in [0.5, 0.6) is 0 Å². The van der Waals surface area contributed by atoms with Gasteiger partial charge in [0.15, 0.2) is 0 Å². The largest absolute Gasteiger partial charge is 0 e. The Balaban J connectivity index is -0.0000000175. The zero-order valence-corrected chi connectivity index (χ0v) is 11.6. The van der Waals surface area contributed by atoms with Gasteiger partial charge in [-0.3, -0.25) is 0 Å². The van der Waals surface area contributed by atoms with Crippen LogP contribution in [-0.2, 0) is 30.7 Å². The fraction of sp³-hybridized carbons (Fsp3) is 0. The van der Waals surface area contributed by atoms with Crippen molar-refractivity contribution in [2.24, 2.45) is 0 Å². The topological polar surface area (TPSA) is 59.7 Å². The Morgan fingerprint density at radius 3 is 0.800 bits per heavy atom. The van der Waals surface area contributed by atoms with Crippen LogP contribution in [0.4, 0.5) is 12.6 Å². The maximum atomic E-state index is 9.77. The Morgan fingerprint density at radius 1 is 0.800 bits per heavy atom. The molecule has 0 bridgehead atoms. The van der Waals surface area contributed by atoms with Gasteiger partial charge in [0.2, 0.25) is 0 Å². The van der Waals surface area contributed by atoms with Gasteiger partial charge in [-0.2, -0.15) is 0 Å². The summed E-state index contributed by atoms with van der Waals surface area (Å²) in [6.07, 6.45) is 0. The van der Waals surface area contributed by atoms with Crippen molar-refractivity contribution >= 4 is 48.8 Å². The molecule has 0 amide bonds. The molecule has 0 aliphatic carbocycles. The molecular formula is C3HCl3CoF3O3PSi+. The standard InChI is InChI=1S/3CO.Cl3Si.Co.F3HP/c3*1-2;1-4(2)3;;1-4(2)3/h;;;;;4H/q;;;;;+1. The molecule has 2 radical (unpaired) electrons. The first kappa shape index (κ1) is 36.0. The smallest absolute Gasteiger partial charge is 0 e. The number of halogens is 6. The summed E-state index contributed by atoms with van der Waals surface area (Å²) in [4.78, 5) is 0. The van der Waals surface area contributed by atoms with E-state index in [0.717, 1.165) is 0 Å². The van der Waals surface area contributed by atoms with Crippen LogP contribution >= 0.6 is 42.1 Å². The molecule has 0 aromatic rings. The first-order valence-corrected chi connectivity index (χ1v) is 7.42. The van der Waals surface area contributed by atoms with E-state index in [9.17, 15) is 12.6 Å². The van der Waals surface area contributed by atoms with Gasteiger partial charge in [-0.25, -0.2) is 0 Å². The third-order valence-corrected chi connectivity index (χ3v) is 0. The monoisotopic (exact) mass is 365 g/mol. The molecule has 0 spiro atoms. The van der Waals surface area contributed by atoms with Gasteiger partial charge < -0.3 is 0 Å². The van der Waals surface area contributed by atoms with Crippen LogP contribution in [0.3, 0.4) is 0 Å². The summed E-state index contributed by atoms with van der Waals surface area (Å²) < 4.78 is 51.8. The van der Waals surface area contributed by atoms with Gasteiger partial charge in [-0.05, 0) is 0 Å². The minimum atomic E-state index is -4.38. The van der Waals surface area contributed by atoms with Gasteiger partial charge >= 0.3 is 49.5 Å². The van der Waals surface area contributed by atoms with E-state index in [0.29, 0.717) is 0 Å². The maximum Gasteiger partial charge on any atom is 0 e. The molecule has 12 heteroatoms. The SMILES string of the molecule is Cl[Si](Cl)Cl.F[PH+](F)F.[C-]#[O+].[C-]#[O+].[C-]#[O+].[Co]. The van der Waals surface area contributed by atoms with Crippen LogP contribution in [0, 0.1) is 20.0 Å². The Morgan fingerprint density at radius 2 is 0.800 bits per heavy atom. The summed E-state index contributed by atoms with van der Waals surface area (Å²) in [7, 11) is -4.38. The summed E-state index contributed by atoms with van der Waals surface area (Å²) >= 11 is 14.7. The molecule has 0 atom stereocenters. The molecule has 15 heavy (non-hydrogen) atoms. The summed E-state index contributed by atoms with van der Waals surface area (Å²) in [6.45, 7) is 12.0. The van der Waals surface area contributed by atoms with E-state index in [2.05, 4.69) is 20.0 Å². The fourth-order valence-electron chi connectivity index (χ4n) is 0. The molecule has 0 saturated carbocycles. The third-order valence-electron chi connectivity index (χ3n) is 0. The summed E-state index contributed by atoms with van der Waals surface area (Å²) in [6, 6.07) is 0. The molecule has 3 nitrogen and oxygen atoms in total. The second-order valence-corrected chi connectivity index (χ2v) is 6.43. The molecule has 0 heterocycles. The van der Waals surface area contributed by atoms with Crippen LogP contribution in [0.2, 0.25) is 0 Å². The molecule has 0 aliphatic heterocycles. The van der Waals surface area contributed by atoms with Crippen LogP contribution in [-0.4, -0.2) is 6.73 Å². The normalized spacial score (nSPS) is 5.20. The molecule has 0 unspecified atom stereocenters. The summed E-state index contributed by atoms with van der Waals surface area (Å²) in [5.74, 6) is 0. The Bertz CT molecular complexity index is 113. The molecule has 0 aromatic carbocycles. The second-order valence-electron chi connectivity index (χ2n) is 0.429. The van der Waals surface area contributed by atoms with Crippen molar-refractivity contribution in [3.63, 3.8) is 0 Å². The van der Waals surface area contributed by atoms with Crippen LogP contribution in [0.15, 0.2) is 0 Å². The van der Waals surface area contributed by atoms with Crippen molar-refractivity contribution in [1.82, 2.24) is 0 Å². The van der Waals surface area contributed by atoms with Crippen LogP contribution in [0.1, 0.15) is 0 Å². The quantitative estimate of drug-likeness (QED) is 0.207. The van der Waals surface area contributed by atoms with E-state index in [1.165, 1.54) is 0 Å². The molecule has 0 aromatic heterocycles. The minimum Gasteiger partial charge on any atom is 0 e. The fourth-order valence-corrected chi connectivity index (χ4v) is 0. The Hall–Kier alpha value is 1.03. The molecule has 90 valence electrons. The number of hydrogen-bond donors (Lipinski definition) is 0. The number of hydrogen-bond acceptors (Lipinski definition) is 0. The zero-order chi connectivity index (χ0) is 13.2. The van der Waals surface area contributed by atoms with E-state index in [-0.39, 0.29) is 16.8 Å². The molecular weight excluding hydrogens is 365 g/mol. The van der Waals surface area contributed by atoms with Crippen molar-refractivity contribution in [3.05, 3.63) is 20.0 Å². The van der Waals surface area contributed by atoms with Crippen LogP contribution < -0.4 is 0 Å². The average molecular weight is 366 g/mol. The molecule has 0 rings (SSSR count). The van der Waals surface area contributed by atoms with Crippen molar-refractivity contribution in [3.8, 4) is 0 Å². The van der Waals surface area contributed by atoms with E-state index < -0.39 is 15.6 Å². The minimum absolute atomic E-state index is 0. The van der Waals surface area contributed by atoms with Crippen molar-refractivity contribution in [2.45, 2.75) is 0 Å². The second kappa shape index (κ2) is 59.8. The first-order valence-electron chi connectivity index (χ1n) is 1.75. The van der Waals surface area contributed by atoms with Gasteiger partial charge in [0, 0.05) is 29.4 Å². The molecule has 0 saturated heterocycles. The maximum absolute atomic E-state index is 9.77. The van der Waals surface area contributed by atoms with Gasteiger partial charge in [-0.15, -0.1) is 33.2 Å². The number of rotatable bonds is 0. The average Bonchev–Trinajstić information content (AvgIpc) is 2.12. The first-order chi connectivity index (χ1) is 6.46. The Kier molecular flexibility index (Phi) is 144. The van der Waals surface area contributed by atoms with Gasteiger partial charge in [-0.1, -0.05) is 0 Å². The molecule has 0 aliphatic rings. The van der Waals surface area contributed by atoms with Crippen LogP contribution in [0.25, 0.3) is 0 Å². The van der Waals surface area contributed by atoms with E-state index in [4.69, 9.17) is 47.2 Å². The predicted octanol–water partition coefficient (Wildman–Crippen LogP) is 3.43. The Labute approximate surface area is 112 Å². The van der Waals surface area contributed by atoms with E-state index in [1.54, 1.807) is 0 Å². The zero-order valence-electron chi connectivity index (χ0n) is 6.33. The summed E-state index contributed by atoms with van der Waals surface area (Å²) in [5.41, 5.74) is 0. The van der Waals surface area contributed by atoms with Gasteiger partial charge in [0.05, 0.1) is 0 Å². The van der Waals surface area contributed by atoms with Crippen molar-refractivity contribution in [2.75, 3.05) is 0 Å². The van der Waals surface area contributed by atoms with Crippen molar-refractivity contribution < 1.29 is 43.3 Å². The van der Waals surface area contributed by atoms with Crippen molar-refractivity contribution in [1.29, 1.82) is 0 Å². The summed E-state index contributed by atoms with van der Waals surface area (Å²) in [5, 5.41) is 0. The van der Waals surface area contributed by atoms with E-state index in [1.807, 2.05) is 0 Å². The third kappa shape index (κ3) is 2390.